The Morgan fingerprint density at radius 2 is 2.38 bits per heavy atom. The van der Waals surface area contributed by atoms with Gasteiger partial charge in [-0.25, -0.2) is 0 Å². The smallest absolute Gasteiger partial charge is 0.0796 e. The lowest BCUT2D eigenvalue weighted by atomic mass is 9.89. The second-order valence-electron chi connectivity index (χ2n) is 3.97. The van der Waals surface area contributed by atoms with E-state index in [-0.39, 0.29) is 6.10 Å². The quantitative estimate of drug-likeness (QED) is 0.687. The van der Waals surface area contributed by atoms with Crippen LogP contribution in [-0.2, 0) is 4.74 Å². The molecule has 2 unspecified atom stereocenters. The SMILES string of the molecule is CCOC(C)CC1(O)CCCNC1. The fraction of sp³-hybridized carbons (Fsp3) is 1.00. The Bertz CT molecular complexity index is 144. The van der Waals surface area contributed by atoms with Crippen LogP contribution in [0.4, 0.5) is 0 Å². The highest BCUT2D eigenvalue weighted by Crippen LogP contribution is 2.22. The minimum atomic E-state index is -0.535. The number of piperidine rings is 1. The molecule has 3 nitrogen and oxygen atoms in total. The molecule has 0 radical (unpaired) electrons. The van der Waals surface area contributed by atoms with Gasteiger partial charge in [-0.15, -0.1) is 0 Å². The largest absolute Gasteiger partial charge is 0.388 e. The minimum absolute atomic E-state index is 0.162. The van der Waals surface area contributed by atoms with E-state index >= 15 is 0 Å². The van der Waals surface area contributed by atoms with E-state index in [0.717, 1.165) is 32.4 Å². The van der Waals surface area contributed by atoms with E-state index in [1.165, 1.54) is 0 Å². The van der Waals surface area contributed by atoms with Crippen LogP contribution in [0.2, 0.25) is 0 Å². The summed E-state index contributed by atoms with van der Waals surface area (Å²) < 4.78 is 5.42. The molecule has 13 heavy (non-hydrogen) atoms. The van der Waals surface area contributed by atoms with Crippen molar-refractivity contribution in [2.45, 2.75) is 44.8 Å². The first kappa shape index (κ1) is 11.0. The molecule has 3 heteroatoms. The molecule has 1 saturated heterocycles. The topological polar surface area (TPSA) is 41.5 Å². The third-order valence-electron chi connectivity index (χ3n) is 2.57. The van der Waals surface area contributed by atoms with E-state index in [1.54, 1.807) is 0 Å². The maximum Gasteiger partial charge on any atom is 0.0796 e. The average Bonchev–Trinajstić information content (AvgIpc) is 2.04. The van der Waals surface area contributed by atoms with Crippen molar-refractivity contribution in [3.05, 3.63) is 0 Å². The summed E-state index contributed by atoms with van der Waals surface area (Å²) in [6.07, 6.45) is 2.87. The maximum atomic E-state index is 10.1. The van der Waals surface area contributed by atoms with Gasteiger partial charge in [0.25, 0.3) is 0 Å². The van der Waals surface area contributed by atoms with Gasteiger partial charge in [-0.3, -0.25) is 0 Å². The standard InChI is InChI=1S/C10H21NO2/c1-3-13-9(2)7-10(12)5-4-6-11-8-10/h9,11-12H,3-8H2,1-2H3. The van der Waals surface area contributed by atoms with Crippen molar-refractivity contribution in [2.75, 3.05) is 19.7 Å². The van der Waals surface area contributed by atoms with E-state index in [1.807, 2.05) is 13.8 Å². The monoisotopic (exact) mass is 187 g/mol. The molecule has 0 bridgehead atoms. The van der Waals surface area contributed by atoms with Gasteiger partial charge in [-0.05, 0) is 33.2 Å². The number of hydrogen-bond donors (Lipinski definition) is 2. The molecule has 2 atom stereocenters. The van der Waals surface area contributed by atoms with Crippen LogP contribution in [-0.4, -0.2) is 36.5 Å². The minimum Gasteiger partial charge on any atom is -0.388 e. The fourth-order valence-corrected chi connectivity index (χ4v) is 2.00. The molecule has 0 spiro atoms. The summed E-state index contributed by atoms with van der Waals surface area (Å²) in [6, 6.07) is 0. The Morgan fingerprint density at radius 3 is 2.92 bits per heavy atom. The predicted molar refractivity (Wildman–Crippen MR) is 52.8 cm³/mol. The summed E-state index contributed by atoms with van der Waals surface area (Å²) in [5.74, 6) is 0. The first-order valence-corrected chi connectivity index (χ1v) is 5.21. The van der Waals surface area contributed by atoms with Gasteiger partial charge in [0.05, 0.1) is 11.7 Å². The zero-order chi connectivity index (χ0) is 9.73. The van der Waals surface area contributed by atoms with Crippen LogP contribution in [0.1, 0.15) is 33.1 Å². The molecule has 0 amide bonds. The molecule has 0 aromatic carbocycles. The number of hydrogen-bond acceptors (Lipinski definition) is 3. The summed E-state index contributed by atoms with van der Waals surface area (Å²) in [5, 5.41) is 13.3. The van der Waals surface area contributed by atoms with Crippen LogP contribution < -0.4 is 5.32 Å². The Morgan fingerprint density at radius 1 is 1.62 bits per heavy atom. The molecule has 78 valence electrons. The van der Waals surface area contributed by atoms with Crippen molar-refractivity contribution in [2.24, 2.45) is 0 Å². The lowest BCUT2D eigenvalue weighted by Crippen LogP contribution is -2.47. The van der Waals surface area contributed by atoms with Crippen LogP contribution >= 0.6 is 0 Å². The van der Waals surface area contributed by atoms with Gasteiger partial charge >= 0.3 is 0 Å². The van der Waals surface area contributed by atoms with Gasteiger partial charge in [0.1, 0.15) is 0 Å². The summed E-state index contributed by atoms with van der Waals surface area (Å²) in [4.78, 5) is 0. The molecule has 2 N–H and O–H groups in total. The van der Waals surface area contributed by atoms with E-state index in [4.69, 9.17) is 4.74 Å². The van der Waals surface area contributed by atoms with Crippen molar-refractivity contribution in [3.63, 3.8) is 0 Å². The zero-order valence-corrected chi connectivity index (χ0v) is 8.68. The van der Waals surface area contributed by atoms with Crippen molar-refractivity contribution in [1.29, 1.82) is 0 Å². The van der Waals surface area contributed by atoms with E-state index in [9.17, 15) is 5.11 Å². The van der Waals surface area contributed by atoms with Crippen LogP contribution in [0.3, 0.4) is 0 Å². The lowest BCUT2D eigenvalue weighted by Gasteiger charge is -2.34. The zero-order valence-electron chi connectivity index (χ0n) is 8.68. The van der Waals surface area contributed by atoms with E-state index in [2.05, 4.69) is 5.32 Å². The number of rotatable bonds is 4. The number of aliphatic hydroxyl groups is 1. The van der Waals surface area contributed by atoms with E-state index < -0.39 is 5.60 Å². The highest BCUT2D eigenvalue weighted by atomic mass is 16.5. The van der Waals surface area contributed by atoms with Gasteiger partial charge in [0.2, 0.25) is 0 Å². The van der Waals surface area contributed by atoms with Crippen LogP contribution in [0.5, 0.6) is 0 Å². The number of ether oxygens (including phenoxy) is 1. The Labute approximate surface area is 80.5 Å². The highest BCUT2D eigenvalue weighted by molar-refractivity contribution is 4.86. The second-order valence-corrected chi connectivity index (χ2v) is 3.97. The average molecular weight is 187 g/mol. The van der Waals surface area contributed by atoms with Crippen molar-refractivity contribution in [1.82, 2.24) is 5.32 Å². The summed E-state index contributed by atoms with van der Waals surface area (Å²) >= 11 is 0. The molecule has 0 aromatic heterocycles. The third kappa shape index (κ3) is 3.63. The summed E-state index contributed by atoms with van der Waals surface area (Å²) in [7, 11) is 0. The summed E-state index contributed by atoms with van der Waals surface area (Å²) in [5.41, 5.74) is -0.535. The first-order valence-electron chi connectivity index (χ1n) is 5.21. The van der Waals surface area contributed by atoms with Crippen LogP contribution in [0.25, 0.3) is 0 Å². The van der Waals surface area contributed by atoms with Crippen molar-refractivity contribution < 1.29 is 9.84 Å². The van der Waals surface area contributed by atoms with Gasteiger partial charge in [0.15, 0.2) is 0 Å². The van der Waals surface area contributed by atoms with E-state index in [0.29, 0.717) is 6.54 Å². The van der Waals surface area contributed by atoms with Crippen molar-refractivity contribution >= 4 is 0 Å². The maximum absolute atomic E-state index is 10.1. The molecule has 0 aliphatic carbocycles. The molecule has 0 aromatic rings. The molecular weight excluding hydrogens is 166 g/mol. The second kappa shape index (κ2) is 4.94. The Kier molecular flexibility index (Phi) is 4.16. The first-order chi connectivity index (χ1) is 6.16. The van der Waals surface area contributed by atoms with Crippen LogP contribution in [0, 0.1) is 0 Å². The van der Waals surface area contributed by atoms with Gasteiger partial charge in [-0.1, -0.05) is 0 Å². The normalized spacial score (nSPS) is 31.6. The number of β-amino-alcohol motifs (C(OH)–C–C–N with tert-alkyl or cyclic N) is 1. The highest BCUT2D eigenvalue weighted by Gasteiger charge is 2.30. The summed E-state index contributed by atoms with van der Waals surface area (Å²) in [6.45, 7) is 6.48. The third-order valence-corrected chi connectivity index (χ3v) is 2.57. The fourth-order valence-electron chi connectivity index (χ4n) is 2.00. The predicted octanol–water partition coefficient (Wildman–Crippen LogP) is 0.916. The molecule has 1 rings (SSSR count). The van der Waals surface area contributed by atoms with Gasteiger partial charge in [-0.2, -0.15) is 0 Å². The molecule has 1 heterocycles. The molecule has 0 saturated carbocycles. The molecular formula is C10H21NO2. The molecule has 1 aliphatic heterocycles. The molecule has 1 aliphatic rings. The Hall–Kier alpha value is -0.120. The number of nitrogens with one attached hydrogen (secondary N) is 1. The lowest BCUT2D eigenvalue weighted by molar-refractivity contribution is -0.0427. The van der Waals surface area contributed by atoms with Crippen molar-refractivity contribution in [3.8, 4) is 0 Å². The van der Waals surface area contributed by atoms with Gasteiger partial charge < -0.3 is 15.2 Å². The van der Waals surface area contributed by atoms with Crippen LogP contribution in [0.15, 0.2) is 0 Å². The molecule has 1 fully saturated rings. The Balaban J connectivity index is 2.31. The van der Waals surface area contributed by atoms with Gasteiger partial charge in [0, 0.05) is 19.6 Å².